The number of aromatic nitrogens is 1. The van der Waals surface area contributed by atoms with Crippen molar-refractivity contribution >= 4 is 0 Å². The molecule has 3 heteroatoms. The van der Waals surface area contributed by atoms with E-state index in [9.17, 15) is 0 Å². The van der Waals surface area contributed by atoms with Crippen LogP contribution in [0.25, 0.3) is 0 Å². The largest absolute Gasteiger partial charge is 0.374 e. The van der Waals surface area contributed by atoms with E-state index in [0.717, 1.165) is 19.0 Å². The van der Waals surface area contributed by atoms with Crippen molar-refractivity contribution in [3.05, 3.63) is 30.1 Å². The minimum Gasteiger partial charge on any atom is -0.374 e. The van der Waals surface area contributed by atoms with Gasteiger partial charge in [0.1, 0.15) is 0 Å². The van der Waals surface area contributed by atoms with Gasteiger partial charge in [-0.15, -0.1) is 0 Å². The zero-order valence-corrected chi connectivity index (χ0v) is 10.4. The molecule has 0 spiro atoms. The van der Waals surface area contributed by atoms with Gasteiger partial charge in [-0.3, -0.25) is 9.88 Å². The molecule has 0 N–H and O–H groups in total. The summed E-state index contributed by atoms with van der Waals surface area (Å²) in [5, 5.41) is 0. The van der Waals surface area contributed by atoms with Crippen LogP contribution in [0.1, 0.15) is 25.3 Å². The summed E-state index contributed by atoms with van der Waals surface area (Å²) in [4.78, 5) is 6.67. The maximum atomic E-state index is 5.98. The molecule has 0 radical (unpaired) electrons. The first-order valence-corrected chi connectivity index (χ1v) is 6.58. The van der Waals surface area contributed by atoms with E-state index in [-0.39, 0.29) is 0 Å². The van der Waals surface area contributed by atoms with Gasteiger partial charge in [0.15, 0.2) is 0 Å². The molecule has 2 saturated heterocycles. The molecule has 92 valence electrons. The molecule has 0 aromatic carbocycles. The van der Waals surface area contributed by atoms with Crippen molar-refractivity contribution < 1.29 is 4.74 Å². The number of ether oxygens (including phenoxy) is 1. The van der Waals surface area contributed by atoms with Crippen molar-refractivity contribution in [3.8, 4) is 0 Å². The fourth-order valence-electron chi connectivity index (χ4n) is 3.13. The Morgan fingerprint density at radius 1 is 1.53 bits per heavy atom. The summed E-state index contributed by atoms with van der Waals surface area (Å²) in [5.41, 5.74) is 1.30. The summed E-state index contributed by atoms with van der Waals surface area (Å²) < 4.78 is 5.98. The standard InChI is InChI=1S/C14H20N2O/c1-11-7-13-4-6-16(10-14(13)17-11)9-12-3-2-5-15-8-12/h2-3,5,8,11,13-14H,4,6-7,9-10H2,1H3/t11-,13-,14+/m1/s1. The maximum Gasteiger partial charge on any atom is 0.0735 e. The number of piperidine rings is 1. The fraction of sp³-hybridized carbons (Fsp3) is 0.643. The minimum absolute atomic E-state index is 0.461. The first kappa shape index (κ1) is 11.2. The number of fused-ring (bicyclic) bond motifs is 1. The highest BCUT2D eigenvalue weighted by atomic mass is 16.5. The SMILES string of the molecule is C[C@@H]1C[C@H]2CCN(Cc3cccnc3)C[C@@H]2O1. The van der Waals surface area contributed by atoms with E-state index in [1.165, 1.54) is 24.9 Å². The van der Waals surface area contributed by atoms with E-state index in [4.69, 9.17) is 4.74 Å². The lowest BCUT2D eigenvalue weighted by molar-refractivity contribution is -0.00278. The van der Waals surface area contributed by atoms with Crippen LogP contribution in [-0.2, 0) is 11.3 Å². The van der Waals surface area contributed by atoms with E-state index >= 15 is 0 Å². The second-order valence-electron chi connectivity index (χ2n) is 5.37. The van der Waals surface area contributed by atoms with Gasteiger partial charge >= 0.3 is 0 Å². The second-order valence-corrected chi connectivity index (χ2v) is 5.37. The summed E-state index contributed by atoms with van der Waals surface area (Å²) in [6.45, 7) is 5.49. The van der Waals surface area contributed by atoms with Gasteiger partial charge in [0.2, 0.25) is 0 Å². The Hall–Kier alpha value is -0.930. The van der Waals surface area contributed by atoms with Gasteiger partial charge in [-0.1, -0.05) is 6.07 Å². The summed E-state index contributed by atoms with van der Waals surface area (Å²) >= 11 is 0. The zero-order valence-electron chi connectivity index (χ0n) is 10.4. The van der Waals surface area contributed by atoms with Crippen LogP contribution < -0.4 is 0 Å². The second kappa shape index (κ2) is 4.75. The molecule has 0 saturated carbocycles. The first-order valence-electron chi connectivity index (χ1n) is 6.58. The highest BCUT2D eigenvalue weighted by Crippen LogP contribution is 2.33. The van der Waals surface area contributed by atoms with Crippen LogP contribution in [0.4, 0.5) is 0 Å². The average Bonchev–Trinajstić information content (AvgIpc) is 2.70. The number of hydrogen-bond donors (Lipinski definition) is 0. The molecule has 3 heterocycles. The zero-order chi connectivity index (χ0) is 11.7. The predicted molar refractivity (Wildman–Crippen MR) is 66.6 cm³/mol. The Kier molecular flexibility index (Phi) is 3.12. The van der Waals surface area contributed by atoms with Crippen molar-refractivity contribution in [2.75, 3.05) is 13.1 Å². The van der Waals surface area contributed by atoms with E-state index in [2.05, 4.69) is 22.9 Å². The quantitative estimate of drug-likeness (QED) is 0.780. The van der Waals surface area contributed by atoms with Crippen molar-refractivity contribution in [1.82, 2.24) is 9.88 Å². The van der Waals surface area contributed by atoms with Crippen LogP contribution in [0.2, 0.25) is 0 Å². The lowest BCUT2D eigenvalue weighted by Crippen LogP contribution is -2.41. The monoisotopic (exact) mass is 232 g/mol. The van der Waals surface area contributed by atoms with E-state index < -0.39 is 0 Å². The van der Waals surface area contributed by atoms with Crippen LogP contribution in [0.15, 0.2) is 24.5 Å². The third-order valence-electron chi connectivity index (χ3n) is 3.95. The summed E-state index contributed by atoms with van der Waals surface area (Å²) in [7, 11) is 0. The van der Waals surface area contributed by atoms with Gasteiger partial charge in [-0.25, -0.2) is 0 Å². The van der Waals surface area contributed by atoms with Gasteiger partial charge in [-0.2, -0.15) is 0 Å². The normalized spacial score (nSPS) is 33.6. The Morgan fingerprint density at radius 3 is 3.29 bits per heavy atom. The van der Waals surface area contributed by atoms with Gasteiger partial charge in [0, 0.05) is 25.5 Å². The molecule has 2 aliphatic heterocycles. The number of pyridine rings is 1. The Balaban J connectivity index is 1.60. The molecule has 1 aromatic rings. The molecule has 2 aliphatic rings. The van der Waals surface area contributed by atoms with Crippen LogP contribution in [0, 0.1) is 5.92 Å². The topological polar surface area (TPSA) is 25.4 Å². The third kappa shape index (κ3) is 2.50. The predicted octanol–water partition coefficient (Wildman–Crippen LogP) is 2.08. The lowest BCUT2D eigenvalue weighted by Gasteiger charge is -2.34. The Labute approximate surface area is 103 Å². The summed E-state index contributed by atoms with van der Waals surface area (Å²) in [6, 6.07) is 4.16. The molecule has 0 amide bonds. The van der Waals surface area contributed by atoms with Crippen molar-refractivity contribution in [1.29, 1.82) is 0 Å². The fourth-order valence-corrected chi connectivity index (χ4v) is 3.13. The van der Waals surface area contributed by atoms with E-state index in [0.29, 0.717) is 12.2 Å². The lowest BCUT2D eigenvalue weighted by atomic mass is 9.92. The Bertz CT molecular complexity index is 368. The molecular weight excluding hydrogens is 212 g/mol. The van der Waals surface area contributed by atoms with Crippen molar-refractivity contribution in [2.45, 2.75) is 38.5 Å². The van der Waals surface area contributed by atoms with Crippen LogP contribution in [0.5, 0.6) is 0 Å². The smallest absolute Gasteiger partial charge is 0.0735 e. The van der Waals surface area contributed by atoms with Gasteiger partial charge in [0.25, 0.3) is 0 Å². The van der Waals surface area contributed by atoms with Crippen molar-refractivity contribution in [2.24, 2.45) is 5.92 Å². The van der Waals surface area contributed by atoms with E-state index in [1.54, 1.807) is 0 Å². The molecule has 17 heavy (non-hydrogen) atoms. The number of nitrogens with zero attached hydrogens (tertiary/aromatic N) is 2. The number of hydrogen-bond acceptors (Lipinski definition) is 3. The van der Waals surface area contributed by atoms with E-state index in [1.807, 2.05) is 18.5 Å². The molecule has 2 fully saturated rings. The van der Waals surface area contributed by atoms with Crippen molar-refractivity contribution in [3.63, 3.8) is 0 Å². The molecule has 0 bridgehead atoms. The molecule has 0 unspecified atom stereocenters. The van der Waals surface area contributed by atoms with Gasteiger partial charge in [0.05, 0.1) is 12.2 Å². The van der Waals surface area contributed by atoms with Crippen LogP contribution in [0.3, 0.4) is 0 Å². The molecule has 1 aromatic heterocycles. The maximum absolute atomic E-state index is 5.98. The Morgan fingerprint density at radius 2 is 2.47 bits per heavy atom. The summed E-state index contributed by atoms with van der Waals surface area (Å²) in [5.74, 6) is 0.801. The van der Waals surface area contributed by atoms with Gasteiger partial charge in [-0.05, 0) is 43.9 Å². The average molecular weight is 232 g/mol. The molecule has 3 nitrogen and oxygen atoms in total. The van der Waals surface area contributed by atoms with Crippen LogP contribution >= 0.6 is 0 Å². The molecule has 3 rings (SSSR count). The summed E-state index contributed by atoms with van der Waals surface area (Å²) in [6.07, 6.45) is 7.27. The molecular formula is C14H20N2O. The number of rotatable bonds is 2. The first-order chi connectivity index (χ1) is 8.31. The highest BCUT2D eigenvalue weighted by molar-refractivity contribution is 5.08. The minimum atomic E-state index is 0.461. The van der Waals surface area contributed by atoms with Crippen LogP contribution in [-0.4, -0.2) is 35.2 Å². The molecule has 0 aliphatic carbocycles. The highest BCUT2D eigenvalue weighted by Gasteiger charge is 2.37. The van der Waals surface area contributed by atoms with Gasteiger partial charge < -0.3 is 4.74 Å². The molecule has 3 atom stereocenters. The number of likely N-dealkylation sites (tertiary alicyclic amines) is 1. The third-order valence-corrected chi connectivity index (χ3v) is 3.95.